The molecule has 1 heterocycles. The predicted molar refractivity (Wildman–Crippen MR) is 93.4 cm³/mol. The van der Waals surface area contributed by atoms with Gasteiger partial charge in [0.1, 0.15) is 12.6 Å². The van der Waals surface area contributed by atoms with Crippen LogP contribution in [0.3, 0.4) is 0 Å². The molecule has 2 rings (SSSR count). The molecule has 2 aromatic rings. The number of amides is 1. The molecule has 0 spiro atoms. The molecule has 6 heteroatoms. The van der Waals surface area contributed by atoms with Crippen molar-refractivity contribution >= 4 is 11.9 Å². The first-order valence-electron chi connectivity index (χ1n) is 8.17. The Labute approximate surface area is 146 Å². The molecule has 132 valence electrons. The number of pyridine rings is 1. The number of carbonyl (C=O) groups excluding carboxylic acids is 1. The first kappa shape index (κ1) is 18.4. The summed E-state index contributed by atoms with van der Waals surface area (Å²) in [6.07, 6.45) is 2.12. The molecule has 2 atom stereocenters. The maximum atomic E-state index is 12.3. The number of carbonyl (C=O) groups is 2. The van der Waals surface area contributed by atoms with E-state index in [0.717, 1.165) is 5.56 Å². The number of aliphatic carboxylic acids is 1. The molecule has 0 saturated heterocycles. The summed E-state index contributed by atoms with van der Waals surface area (Å²) >= 11 is 0. The number of benzene rings is 1. The number of carboxylic acids is 1. The molecule has 0 aliphatic rings. The van der Waals surface area contributed by atoms with Crippen molar-refractivity contribution < 1.29 is 19.4 Å². The Morgan fingerprint density at radius 1 is 1.24 bits per heavy atom. The quantitative estimate of drug-likeness (QED) is 0.770. The van der Waals surface area contributed by atoms with Crippen LogP contribution in [0, 0.1) is 5.92 Å². The van der Waals surface area contributed by atoms with Crippen molar-refractivity contribution in [2.75, 3.05) is 0 Å². The fraction of sp³-hybridized carbons (Fsp3) is 0.316. The summed E-state index contributed by atoms with van der Waals surface area (Å²) in [6, 6.07) is 11.7. The first-order valence-corrected chi connectivity index (χ1v) is 8.17. The van der Waals surface area contributed by atoms with E-state index >= 15 is 0 Å². The van der Waals surface area contributed by atoms with E-state index in [0.29, 0.717) is 24.5 Å². The highest BCUT2D eigenvalue weighted by Crippen LogP contribution is 2.14. The molecule has 2 unspecified atom stereocenters. The molecule has 1 aromatic heterocycles. The molecule has 0 saturated carbocycles. The molecule has 0 aliphatic heterocycles. The Kier molecular flexibility index (Phi) is 6.51. The van der Waals surface area contributed by atoms with E-state index < -0.39 is 17.9 Å². The zero-order chi connectivity index (χ0) is 18.2. The number of hydrogen-bond donors (Lipinski definition) is 2. The Morgan fingerprint density at radius 2 is 1.96 bits per heavy atom. The highest BCUT2D eigenvalue weighted by Gasteiger charge is 2.25. The van der Waals surface area contributed by atoms with E-state index in [1.165, 1.54) is 18.3 Å². The summed E-state index contributed by atoms with van der Waals surface area (Å²) in [7, 11) is 0. The Morgan fingerprint density at radius 3 is 2.60 bits per heavy atom. The molecule has 25 heavy (non-hydrogen) atoms. The van der Waals surface area contributed by atoms with Gasteiger partial charge in [-0.2, -0.15) is 0 Å². The minimum atomic E-state index is -1.04. The second-order valence-corrected chi connectivity index (χ2v) is 5.83. The van der Waals surface area contributed by atoms with Crippen LogP contribution < -0.4 is 10.1 Å². The largest absolute Gasteiger partial charge is 0.480 e. The number of aromatic nitrogens is 1. The normalized spacial score (nSPS) is 12.9. The Bertz CT molecular complexity index is 718. The number of rotatable bonds is 8. The van der Waals surface area contributed by atoms with E-state index in [9.17, 15) is 14.7 Å². The van der Waals surface area contributed by atoms with E-state index in [1.54, 1.807) is 6.92 Å². The third-order valence-electron chi connectivity index (χ3n) is 3.99. The van der Waals surface area contributed by atoms with E-state index in [-0.39, 0.29) is 5.92 Å². The summed E-state index contributed by atoms with van der Waals surface area (Å²) < 4.78 is 5.60. The number of nitrogens with one attached hydrogen (secondary N) is 1. The molecule has 1 aromatic carbocycles. The van der Waals surface area contributed by atoms with Crippen LogP contribution in [0.4, 0.5) is 0 Å². The first-order chi connectivity index (χ1) is 12.0. The number of ether oxygens (including phenoxy) is 1. The van der Waals surface area contributed by atoms with Crippen molar-refractivity contribution in [1.82, 2.24) is 10.3 Å². The monoisotopic (exact) mass is 342 g/mol. The van der Waals surface area contributed by atoms with Gasteiger partial charge in [0.15, 0.2) is 0 Å². The van der Waals surface area contributed by atoms with Gasteiger partial charge in [-0.1, -0.05) is 50.6 Å². The number of nitrogens with zero attached hydrogens (tertiary/aromatic N) is 1. The summed E-state index contributed by atoms with van der Waals surface area (Å²) in [5, 5.41) is 11.8. The number of carboxylic acid groups (broad SMARTS) is 1. The van der Waals surface area contributed by atoms with Crippen LogP contribution in [0.2, 0.25) is 0 Å². The maximum Gasteiger partial charge on any atom is 0.326 e. The van der Waals surface area contributed by atoms with Gasteiger partial charge < -0.3 is 15.2 Å². The van der Waals surface area contributed by atoms with E-state index in [4.69, 9.17) is 4.74 Å². The molecule has 6 nitrogen and oxygen atoms in total. The average molecular weight is 342 g/mol. The van der Waals surface area contributed by atoms with Gasteiger partial charge >= 0.3 is 5.97 Å². The third kappa shape index (κ3) is 5.31. The molecular formula is C19H22N2O4. The van der Waals surface area contributed by atoms with Crippen molar-refractivity contribution in [3.05, 3.63) is 59.8 Å². The second-order valence-electron chi connectivity index (χ2n) is 5.83. The fourth-order valence-corrected chi connectivity index (χ4v) is 2.27. The van der Waals surface area contributed by atoms with Crippen LogP contribution in [-0.2, 0) is 11.4 Å². The average Bonchev–Trinajstić information content (AvgIpc) is 2.64. The predicted octanol–water partition coefficient (Wildman–Crippen LogP) is 2.89. The Hall–Kier alpha value is -2.89. The minimum Gasteiger partial charge on any atom is -0.480 e. The van der Waals surface area contributed by atoms with Crippen LogP contribution in [-0.4, -0.2) is 28.0 Å². The van der Waals surface area contributed by atoms with Gasteiger partial charge in [0.2, 0.25) is 5.88 Å². The molecule has 0 bridgehead atoms. The minimum absolute atomic E-state index is 0.169. The molecule has 1 amide bonds. The zero-order valence-electron chi connectivity index (χ0n) is 14.3. The Balaban J connectivity index is 2.04. The summed E-state index contributed by atoms with van der Waals surface area (Å²) in [5.41, 5.74) is 1.30. The van der Waals surface area contributed by atoms with Gasteiger partial charge in [-0.05, 0) is 17.5 Å². The van der Waals surface area contributed by atoms with Gasteiger partial charge in [-0.15, -0.1) is 0 Å². The summed E-state index contributed by atoms with van der Waals surface area (Å²) in [5.74, 6) is -1.36. The molecular weight excluding hydrogens is 320 g/mol. The third-order valence-corrected chi connectivity index (χ3v) is 3.99. The van der Waals surface area contributed by atoms with Crippen molar-refractivity contribution in [2.24, 2.45) is 5.92 Å². The highest BCUT2D eigenvalue weighted by molar-refractivity contribution is 5.96. The van der Waals surface area contributed by atoms with Crippen molar-refractivity contribution in [2.45, 2.75) is 32.9 Å². The van der Waals surface area contributed by atoms with Crippen LogP contribution in [0.5, 0.6) is 5.88 Å². The topological polar surface area (TPSA) is 88.5 Å². The van der Waals surface area contributed by atoms with Gasteiger partial charge in [0, 0.05) is 17.8 Å². The van der Waals surface area contributed by atoms with Gasteiger partial charge in [-0.3, -0.25) is 4.79 Å². The molecule has 0 fully saturated rings. The number of hydrogen-bond acceptors (Lipinski definition) is 4. The summed E-state index contributed by atoms with van der Waals surface area (Å²) in [6.45, 7) is 4.01. The smallest absolute Gasteiger partial charge is 0.326 e. The summed E-state index contributed by atoms with van der Waals surface area (Å²) in [4.78, 5) is 27.8. The lowest BCUT2D eigenvalue weighted by Gasteiger charge is -2.20. The maximum absolute atomic E-state index is 12.3. The molecule has 2 N–H and O–H groups in total. The van der Waals surface area contributed by atoms with Crippen LogP contribution in [0.1, 0.15) is 36.2 Å². The lowest BCUT2D eigenvalue weighted by Crippen LogP contribution is -2.45. The highest BCUT2D eigenvalue weighted by atomic mass is 16.5. The lowest BCUT2D eigenvalue weighted by molar-refractivity contribution is -0.140. The van der Waals surface area contributed by atoms with Crippen molar-refractivity contribution in [3.8, 4) is 5.88 Å². The van der Waals surface area contributed by atoms with E-state index in [2.05, 4.69) is 10.3 Å². The van der Waals surface area contributed by atoms with Crippen LogP contribution in [0.15, 0.2) is 48.7 Å². The molecule has 0 radical (unpaired) electrons. The fourth-order valence-electron chi connectivity index (χ4n) is 2.27. The van der Waals surface area contributed by atoms with Gasteiger partial charge in [0.05, 0.1) is 0 Å². The van der Waals surface area contributed by atoms with Gasteiger partial charge in [-0.25, -0.2) is 9.78 Å². The van der Waals surface area contributed by atoms with Crippen LogP contribution >= 0.6 is 0 Å². The van der Waals surface area contributed by atoms with E-state index in [1.807, 2.05) is 37.3 Å². The molecule has 0 aliphatic carbocycles. The SMILES string of the molecule is CCC(C)C(NC(=O)c1ccnc(OCc2ccccc2)c1)C(=O)O. The van der Waals surface area contributed by atoms with Crippen molar-refractivity contribution in [1.29, 1.82) is 0 Å². The van der Waals surface area contributed by atoms with Gasteiger partial charge in [0.25, 0.3) is 5.91 Å². The van der Waals surface area contributed by atoms with Crippen molar-refractivity contribution in [3.63, 3.8) is 0 Å². The lowest BCUT2D eigenvalue weighted by atomic mass is 9.99. The zero-order valence-corrected chi connectivity index (χ0v) is 14.3. The van der Waals surface area contributed by atoms with Crippen LogP contribution in [0.25, 0.3) is 0 Å². The standard InChI is InChI=1S/C19H22N2O4/c1-3-13(2)17(19(23)24)21-18(22)15-9-10-20-16(11-15)25-12-14-7-5-4-6-8-14/h4-11,13,17H,3,12H2,1-2H3,(H,21,22)(H,23,24). The second kappa shape index (κ2) is 8.82.